The van der Waals surface area contributed by atoms with E-state index in [9.17, 15) is 35.9 Å². The number of aromatic amines is 1. The number of aromatic nitrogens is 1. The van der Waals surface area contributed by atoms with Crippen molar-refractivity contribution < 1.29 is 35.9 Å². The zero-order valence-corrected chi connectivity index (χ0v) is 12.0. The lowest BCUT2D eigenvalue weighted by Gasteiger charge is -2.10. The third-order valence-electron chi connectivity index (χ3n) is 2.83. The second kappa shape index (κ2) is 6.49. The smallest absolute Gasteiger partial charge is 0.406 e. The predicted octanol–water partition coefficient (Wildman–Crippen LogP) is 3.54. The molecule has 1 heterocycles. The Morgan fingerprint density at radius 3 is 2.16 bits per heavy atom. The Balaban J connectivity index is 2.19. The fraction of sp³-hybridized carbons (Fsp3) is 0.143. The molecule has 11 heteroatoms. The van der Waals surface area contributed by atoms with E-state index in [0.29, 0.717) is 12.3 Å². The Bertz CT molecular complexity index is 824. The van der Waals surface area contributed by atoms with Gasteiger partial charge in [0.1, 0.15) is 11.4 Å². The molecule has 0 bridgehead atoms. The summed E-state index contributed by atoms with van der Waals surface area (Å²) in [4.78, 5) is 25.2. The Morgan fingerprint density at radius 2 is 1.64 bits per heavy atom. The lowest BCUT2D eigenvalue weighted by molar-refractivity contribution is -0.274. The van der Waals surface area contributed by atoms with Gasteiger partial charge in [-0.15, -0.1) is 13.2 Å². The summed E-state index contributed by atoms with van der Waals surface area (Å²) in [6, 6.07) is 4.05. The Labute approximate surface area is 135 Å². The number of hydrogen-bond acceptors (Lipinski definition) is 3. The van der Waals surface area contributed by atoms with E-state index in [1.54, 1.807) is 0 Å². The summed E-state index contributed by atoms with van der Waals surface area (Å²) >= 11 is 0. The summed E-state index contributed by atoms with van der Waals surface area (Å²) in [6.07, 6.45) is -9.20. The lowest BCUT2D eigenvalue weighted by Crippen LogP contribution is -2.21. The van der Waals surface area contributed by atoms with Crippen LogP contribution in [0.4, 0.5) is 32.0 Å². The summed E-state index contributed by atoms with van der Waals surface area (Å²) < 4.78 is 77.5. The first kappa shape index (κ1) is 18.4. The number of carbonyl (C=O) groups is 1. The van der Waals surface area contributed by atoms with Gasteiger partial charge in [0.05, 0.1) is 5.56 Å². The highest BCUT2D eigenvalue weighted by atomic mass is 19.4. The van der Waals surface area contributed by atoms with Crippen molar-refractivity contribution in [2.24, 2.45) is 0 Å². The molecular formula is C14H8F6N2O3. The first-order valence-electron chi connectivity index (χ1n) is 6.43. The molecule has 1 aromatic heterocycles. The van der Waals surface area contributed by atoms with Crippen molar-refractivity contribution in [3.05, 3.63) is 58.0 Å². The van der Waals surface area contributed by atoms with Crippen LogP contribution in [0.15, 0.2) is 41.3 Å². The van der Waals surface area contributed by atoms with Gasteiger partial charge in [0.2, 0.25) is 0 Å². The lowest BCUT2D eigenvalue weighted by atomic mass is 10.2. The molecule has 0 fully saturated rings. The molecule has 0 spiro atoms. The van der Waals surface area contributed by atoms with Crippen molar-refractivity contribution >= 4 is 11.6 Å². The maximum absolute atomic E-state index is 12.6. The van der Waals surface area contributed by atoms with Crippen molar-refractivity contribution in [1.29, 1.82) is 0 Å². The highest BCUT2D eigenvalue weighted by Crippen LogP contribution is 2.29. The molecule has 5 nitrogen and oxygen atoms in total. The van der Waals surface area contributed by atoms with Gasteiger partial charge in [0, 0.05) is 11.8 Å². The summed E-state index contributed by atoms with van der Waals surface area (Å²) in [7, 11) is 0. The molecule has 0 atom stereocenters. The standard InChI is InChI=1S/C14H8F6N2O3/c15-13(16,17)8-5-10(12(24)21-6-8)22-11(23)7-1-3-9(4-2-7)25-14(18,19)20/h1-6H,(H,21,24)(H,22,23). The minimum Gasteiger partial charge on any atom is -0.406 e. The zero-order valence-electron chi connectivity index (χ0n) is 12.0. The molecule has 0 aliphatic carbocycles. The van der Waals surface area contributed by atoms with Crippen LogP contribution in [0.1, 0.15) is 15.9 Å². The SMILES string of the molecule is O=C(Nc1cc(C(F)(F)F)c[nH]c1=O)c1ccc(OC(F)(F)F)cc1. The molecule has 25 heavy (non-hydrogen) atoms. The minimum absolute atomic E-state index is 0.189. The number of pyridine rings is 1. The van der Waals surface area contributed by atoms with E-state index in [0.717, 1.165) is 24.3 Å². The maximum atomic E-state index is 12.6. The van der Waals surface area contributed by atoms with Crippen LogP contribution in [0.5, 0.6) is 5.75 Å². The fourth-order valence-corrected chi connectivity index (χ4v) is 1.74. The number of H-pyrrole nitrogens is 1. The van der Waals surface area contributed by atoms with Crippen molar-refractivity contribution in [1.82, 2.24) is 4.98 Å². The molecule has 2 aromatic rings. The molecule has 134 valence electrons. The van der Waals surface area contributed by atoms with Crippen LogP contribution < -0.4 is 15.6 Å². The molecule has 0 radical (unpaired) electrons. The number of hydrogen-bond donors (Lipinski definition) is 2. The molecule has 0 aliphatic rings. The second-order valence-electron chi connectivity index (χ2n) is 4.66. The number of anilines is 1. The van der Waals surface area contributed by atoms with Gasteiger partial charge in [-0.3, -0.25) is 9.59 Å². The van der Waals surface area contributed by atoms with Crippen molar-refractivity contribution in [2.75, 3.05) is 5.32 Å². The average Bonchev–Trinajstić information content (AvgIpc) is 2.47. The number of ether oxygens (including phenoxy) is 1. The molecule has 0 saturated heterocycles. The summed E-state index contributed by atoms with van der Waals surface area (Å²) in [6.45, 7) is 0. The number of nitrogens with one attached hydrogen (secondary N) is 2. The molecule has 1 amide bonds. The van der Waals surface area contributed by atoms with Crippen LogP contribution in [0.3, 0.4) is 0 Å². The van der Waals surface area contributed by atoms with Gasteiger partial charge in [-0.1, -0.05) is 0 Å². The van der Waals surface area contributed by atoms with E-state index in [-0.39, 0.29) is 5.56 Å². The molecule has 0 saturated carbocycles. The molecule has 1 aromatic carbocycles. The van der Waals surface area contributed by atoms with Gasteiger partial charge < -0.3 is 15.0 Å². The third kappa shape index (κ3) is 4.99. The molecular weight excluding hydrogens is 358 g/mol. The minimum atomic E-state index is -4.91. The van der Waals surface area contributed by atoms with E-state index in [1.807, 2.05) is 10.3 Å². The highest BCUT2D eigenvalue weighted by Gasteiger charge is 2.32. The van der Waals surface area contributed by atoms with Crippen molar-refractivity contribution in [3.63, 3.8) is 0 Å². The number of benzene rings is 1. The maximum Gasteiger partial charge on any atom is 0.573 e. The van der Waals surface area contributed by atoms with Gasteiger partial charge in [0.15, 0.2) is 0 Å². The zero-order chi connectivity index (χ0) is 18.8. The quantitative estimate of drug-likeness (QED) is 0.817. The number of alkyl halides is 6. The third-order valence-corrected chi connectivity index (χ3v) is 2.83. The van der Waals surface area contributed by atoms with Crippen LogP contribution in [0.25, 0.3) is 0 Å². The van der Waals surface area contributed by atoms with E-state index in [2.05, 4.69) is 4.74 Å². The van der Waals surface area contributed by atoms with Gasteiger partial charge in [-0.2, -0.15) is 13.2 Å². The fourth-order valence-electron chi connectivity index (χ4n) is 1.74. The van der Waals surface area contributed by atoms with Crippen LogP contribution in [0, 0.1) is 0 Å². The van der Waals surface area contributed by atoms with Crippen LogP contribution >= 0.6 is 0 Å². The first-order valence-corrected chi connectivity index (χ1v) is 6.43. The molecule has 2 rings (SSSR count). The topological polar surface area (TPSA) is 71.2 Å². The number of carbonyl (C=O) groups excluding carboxylic acids is 1. The van der Waals surface area contributed by atoms with E-state index >= 15 is 0 Å². The summed E-state index contributed by atoms with van der Waals surface area (Å²) in [5, 5.41) is 1.96. The Hall–Kier alpha value is -2.98. The number of rotatable bonds is 3. The normalized spacial score (nSPS) is 11.9. The largest absolute Gasteiger partial charge is 0.573 e. The molecule has 0 aliphatic heterocycles. The first-order chi connectivity index (χ1) is 11.5. The average molecular weight is 366 g/mol. The number of amides is 1. The Morgan fingerprint density at radius 1 is 1.04 bits per heavy atom. The van der Waals surface area contributed by atoms with E-state index in [1.165, 1.54) is 0 Å². The van der Waals surface area contributed by atoms with Gasteiger partial charge >= 0.3 is 12.5 Å². The Kier molecular flexibility index (Phi) is 4.77. The van der Waals surface area contributed by atoms with E-state index in [4.69, 9.17) is 0 Å². The number of halogens is 6. The van der Waals surface area contributed by atoms with Crippen LogP contribution in [-0.2, 0) is 6.18 Å². The van der Waals surface area contributed by atoms with Crippen molar-refractivity contribution in [3.8, 4) is 5.75 Å². The second-order valence-corrected chi connectivity index (χ2v) is 4.66. The van der Waals surface area contributed by atoms with Crippen molar-refractivity contribution in [2.45, 2.75) is 12.5 Å². The summed E-state index contributed by atoms with van der Waals surface area (Å²) in [5.41, 5.74) is -3.00. The van der Waals surface area contributed by atoms with Gasteiger partial charge in [-0.25, -0.2) is 0 Å². The van der Waals surface area contributed by atoms with E-state index < -0.39 is 41.0 Å². The monoisotopic (exact) mass is 366 g/mol. The highest BCUT2D eigenvalue weighted by molar-refractivity contribution is 6.04. The summed E-state index contributed by atoms with van der Waals surface area (Å²) in [5.74, 6) is -1.57. The van der Waals surface area contributed by atoms with Crippen LogP contribution in [-0.4, -0.2) is 17.3 Å². The van der Waals surface area contributed by atoms with Gasteiger partial charge in [-0.05, 0) is 30.3 Å². The van der Waals surface area contributed by atoms with Gasteiger partial charge in [0.25, 0.3) is 11.5 Å². The van der Waals surface area contributed by atoms with Crippen LogP contribution in [0.2, 0.25) is 0 Å². The predicted molar refractivity (Wildman–Crippen MR) is 73.1 cm³/mol. The molecule has 0 unspecified atom stereocenters. The molecule has 2 N–H and O–H groups in total.